The summed E-state index contributed by atoms with van der Waals surface area (Å²) in [5, 5.41) is 8.66. The second kappa shape index (κ2) is 7.84. The summed E-state index contributed by atoms with van der Waals surface area (Å²) >= 11 is 0. The number of hydrogen-bond acceptors (Lipinski definition) is 4. The molecule has 4 aromatic rings. The second-order valence-electron chi connectivity index (χ2n) is 6.79. The number of nitrogens with zero attached hydrogens (tertiary/aromatic N) is 3. The zero-order valence-corrected chi connectivity index (χ0v) is 16.9. The number of hydrogen-bond donors (Lipinski definition) is 1. The van der Waals surface area contributed by atoms with Gasteiger partial charge in [0.05, 0.1) is 16.3 Å². The van der Waals surface area contributed by atoms with E-state index in [4.69, 9.17) is 5.14 Å². The number of nitrogens with two attached hydrogens (primary N) is 1. The van der Waals surface area contributed by atoms with Crippen LogP contribution in [0, 0.1) is 5.82 Å². The van der Waals surface area contributed by atoms with Gasteiger partial charge < -0.3 is 0 Å². The van der Waals surface area contributed by atoms with Crippen LogP contribution in [-0.2, 0) is 16.2 Å². The summed E-state index contributed by atoms with van der Waals surface area (Å²) in [6, 6.07) is 12.9. The number of halogens is 4. The Labute approximate surface area is 180 Å². The molecule has 2 aromatic carbocycles. The van der Waals surface area contributed by atoms with Gasteiger partial charge in [0.25, 0.3) is 0 Å². The Balaban J connectivity index is 1.91. The highest BCUT2D eigenvalue weighted by Crippen LogP contribution is 2.35. The highest BCUT2D eigenvalue weighted by molar-refractivity contribution is 7.89. The molecule has 0 fully saturated rings. The van der Waals surface area contributed by atoms with Crippen LogP contribution in [0.1, 0.15) is 5.69 Å². The molecule has 0 spiro atoms. The maximum atomic E-state index is 14.8. The van der Waals surface area contributed by atoms with Crippen molar-refractivity contribution < 1.29 is 26.0 Å². The van der Waals surface area contributed by atoms with E-state index in [0.717, 1.165) is 28.9 Å². The molecule has 32 heavy (non-hydrogen) atoms. The number of alkyl halides is 3. The Hall–Kier alpha value is -3.57. The molecule has 0 amide bonds. The van der Waals surface area contributed by atoms with Crippen molar-refractivity contribution in [2.24, 2.45) is 5.14 Å². The molecule has 0 aliphatic carbocycles. The largest absolute Gasteiger partial charge is 0.435 e. The van der Waals surface area contributed by atoms with Crippen LogP contribution in [0.5, 0.6) is 0 Å². The van der Waals surface area contributed by atoms with Crippen molar-refractivity contribution >= 4 is 10.0 Å². The van der Waals surface area contributed by atoms with Gasteiger partial charge in [0.15, 0.2) is 5.69 Å². The molecule has 2 N–H and O–H groups in total. The van der Waals surface area contributed by atoms with Crippen molar-refractivity contribution in [1.82, 2.24) is 14.8 Å². The van der Waals surface area contributed by atoms with E-state index in [1.54, 1.807) is 12.1 Å². The Morgan fingerprint density at radius 1 is 0.875 bits per heavy atom. The summed E-state index contributed by atoms with van der Waals surface area (Å²) in [5.74, 6) is -0.751. The van der Waals surface area contributed by atoms with E-state index in [-0.39, 0.29) is 21.8 Å². The molecule has 0 atom stereocenters. The van der Waals surface area contributed by atoms with Gasteiger partial charge >= 0.3 is 6.18 Å². The van der Waals surface area contributed by atoms with Crippen LogP contribution >= 0.6 is 0 Å². The molecule has 0 saturated carbocycles. The zero-order chi connectivity index (χ0) is 23.1. The summed E-state index contributed by atoms with van der Waals surface area (Å²) in [5.41, 5.74) is -0.143. The molecule has 164 valence electrons. The van der Waals surface area contributed by atoms with Gasteiger partial charge in [-0.1, -0.05) is 6.07 Å². The Kier molecular flexibility index (Phi) is 5.31. The quantitative estimate of drug-likeness (QED) is 0.455. The van der Waals surface area contributed by atoms with Gasteiger partial charge in [-0.15, -0.1) is 0 Å². The molecule has 0 bridgehead atoms. The average Bonchev–Trinajstić information content (AvgIpc) is 3.20. The Morgan fingerprint density at radius 3 is 2.12 bits per heavy atom. The summed E-state index contributed by atoms with van der Waals surface area (Å²) in [6.45, 7) is 0. The fourth-order valence-electron chi connectivity index (χ4n) is 3.13. The number of benzene rings is 2. The third-order valence-corrected chi connectivity index (χ3v) is 5.59. The maximum absolute atomic E-state index is 14.8. The molecule has 2 heterocycles. The minimum absolute atomic E-state index is 0.0941. The molecule has 4 rings (SSSR count). The number of primary sulfonamides is 1. The van der Waals surface area contributed by atoms with Crippen molar-refractivity contribution in [2.45, 2.75) is 11.1 Å². The SMILES string of the molecule is NS(=O)(=O)c1ccc(-n2nc(C(F)(F)F)cc2-c2cc(-c3ccncc3)ccc2F)cc1. The Morgan fingerprint density at radius 2 is 1.53 bits per heavy atom. The van der Waals surface area contributed by atoms with Crippen LogP contribution in [-0.4, -0.2) is 23.2 Å². The third kappa shape index (κ3) is 4.25. The van der Waals surface area contributed by atoms with Crippen LogP contribution in [0.4, 0.5) is 17.6 Å². The van der Waals surface area contributed by atoms with Gasteiger partial charge in [0.1, 0.15) is 5.82 Å². The first-order valence-corrected chi connectivity index (χ1v) is 10.6. The van der Waals surface area contributed by atoms with E-state index in [0.29, 0.717) is 11.1 Å². The first-order chi connectivity index (χ1) is 15.0. The first kappa shape index (κ1) is 21.7. The normalized spacial score (nSPS) is 12.2. The molecule has 0 unspecified atom stereocenters. The summed E-state index contributed by atoms with van der Waals surface area (Å²) in [4.78, 5) is 3.69. The standard InChI is InChI=1S/C21H14F4N4O2S/c22-18-6-1-14(13-7-9-27-10-8-13)11-17(18)19-12-20(21(23,24)25)28-29(19)15-2-4-16(5-3-15)32(26,30)31/h1-12H,(H2,26,30,31). The summed E-state index contributed by atoms with van der Waals surface area (Å²) < 4.78 is 78.8. The predicted molar refractivity (Wildman–Crippen MR) is 109 cm³/mol. The molecular formula is C21H14F4N4O2S. The lowest BCUT2D eigenvalue weighted by Crippen LogP contribution is -2.12. The minimum atomic E-state index is -4.78. The van der Waals surface area contributed by atoms with Gasteiger partial charge in [-0.25, -0.2) is 22.6 Å². The third-order valence-electron chi connectivity index (χ3n) is 4.67. The molecule has 0 aliphatic heterocycles. The molecule has 0 saturated heterocycles. The van der Waals surface area contributed by atoms with E-state index >= 15 is 0 Å². The lowest BCUT2D eigenvalue weighted by molar-refractivity contribution is -0.141. The number of aromatic nitrogens is 3. The average molecular weight is 462 g/mol. The van der Waals surface area contributed by atoms with Crippen molar-refractivity contribution in [3.63, 3.8) is 0 Å². The lowest BCUT2D eigenvalue weighted by atomic mass is 10.0. The van der Waals surface area contributed by atoms with Crippen molar-refractivity contribution in [3.05, 3.63) is 84.6 Å². The Bertz CT molecular complexity index is 1380. The fourth-order valence-corrected chi connectivity index (χ4v) is 3.65. The monoisotopic (exact) mass is 462 g/mol. The minimum Gasteiger partial charge on any atom is -0.265 e. The molecule has 0 radical (unpaired) electrons. The van der Waals surface area contributed by atoms with Gasteiger partial charge in [0, 0.05) is 18.0 Å². The molecule has 6 nitrogen and oxygen atoms in total. The van der Waals surface area contributed by atoms with Gasteiger partial charge in [-0.2, -0.15) is 18.3 Å². The van der Waals surface area contributed by atoms with E-state index in [1.807, 2.05) is 0 Å². The molecule has 0 aliphatic rings. The second-order valence-corrected chi connectivity index (χ2v) is 8.36. The number of rotatable bonds is 4. The van der Waals surface area contributed by atoms with Crippen molar-refractivity contribution in [2.75, 3.05) is 0 Å². The van der Waals surface area contributed by atoms with E-state index in [9.17, 15) is 26.0 Å². The van der Waals surface area contributed by atoms with E-state index < -0.39 is 27.7 Å². The maximum Gasteiger partial charge on any atom is 0.435 e. The van der Waals surface area contributed by atoms with Gasteiger partial charge in [0.2, 0.25) is 10.0 Å². The van der Waals surface area contributed by atoms with Crippen LogP contribution in [0.25, 0.3) is 28.1 Å². The molecule has 11 heteroatoms. The number of sulfonamides is 1. The number of pyridine rings is 1. The topological polar surface area (TPSA) is 90.9 Å². The van der Waals surface area contributed by atoms with Crippen LogP contribution in [0.15, 0.2) is 78.0 Å². The smallest absolute Gasteiger partial charge is 0.265 e. The van der Waals surface area contributed by atoms with Gasteiger partial charge in [-0.3, -0.25) is 4.98 Å². The first-order valence-electron chi connectivity index (χ1n) is 9.05. The van der Waals surface area contributed by atoms with Crippen LogP contribution < -0.4 is 5.14 Å². The van der Waals surface area contributed by atoms with Crippen LogP contribution in [0.2, 0.25) is 0 Å². The molecular weight excluding hydrogens is 448 g/mol. The fraction of sp³-hybridized carbons (Fsp3) is 0.0476. The highest BCUT2D eigenvalue weighted by Gasteiger charge is 2.35. The summed E-state index contributed by atoms with van der Waals surface area (Å²) in [7, 11) is -4.00. The van der Waals surface area contributed by atoms with Gasteiger partial charge in [-0.05, 0) is 65.7 Å². The van der Waals surface area contributed by atoms with Crippen molar-refractivity contribution in [1.29, 1.82) is 0 Å². The van der Waals surface area contributed by atoms with E-state index in [2.05, 4.69) is 10.1 Å². The predicted octanol–water partition coefficient (Wildman–Crippen LogP) is 4.41. The zero-order valence-electron chi connectivity index (χ0n) is 16.1. The van der Waals surface area contributed by atoms with Crippen molar-refractivity contribution in [3.8, 4) is 28.1 Å². The van der Waals surface area contributed by atoms with E-state index in [1.165, 1.54) is 36.7 Å². The highest BCUT2D eigenvalue weighted by atomic mass is 32.2. The summed E-state index contributed by atoms with van der Waals surface area (Å²) in [6.07, 6.45) is -1.70. The van der Waals surface area contributed by atoms with Crippen LogP contribution in [0.3, 0.4) is 0 Å². The molecule has 2 aromatic heterocycles. The lowest BCUT2D eigenvalue weighted by Gasteiger charge is -2.11.